The molecule has 0 aromatic heterocycles. The molecule has 0 saturated carbocycles. The van der Waals surface area contributed by atoms with Crippen LogP contribution in [0.3, 0.4) is 0 Å². The zero-order valence-corrected chi connectivity index (χ0v) is 10.2. The van der Waals surface area contributed by atoms with Gasteiger partial charge in [-0.3, -0.25) is 10.1 Å². The van der Waals surface area contributed by atoms with Gasteiger partial charge in [0.25, 0.3) is 5.69 Å². The second-order valence-corrected chi connectivity index (χ2v) is 3.48. The molecule has 0 fully saturated rings. The normalized spacial score (nSPS) is 10.6. The van der Waals surface area contributed by atoms with Crippen molar-refractivity contribution in [2.24, 2.45) is 0 Å². The molecule has 0 unspecified atom stereocenters. The monoisotopic (exact) mass is 250 g/mol. The van der Waals surface area contributed by atoms with E-state index in [1.165, 1.54) is 25.3 Å². The van der Waals surface area contributed by atoms with E-state index in [-0.39, 0.29) is 11.3 Å². The molecule has 0 spiro atoms. The van der Waals surface area contributed by atoms with Crippen LogP contribution in [0.5, 0.6) is 0 Å². The summed E-state index contributed by atoms with van der Waals surface area (Å²) in [6.45, 7) is 0.607. The third-order valence-corrected chi connectivity index (χ3v) is 2.27. The lowest BCUT2D eigenvalue weighted by molar-refractivity contribution is -0.385. The van der Waals surface area contributed by atoms with Crippen molar-refractivity contribution >= 4 is 17.7 Å². The van der Waals surface area contributed by atoms with E-state index in [0.717, 1.165) is 0 Å². The fraction of sp³-hybridized carbons (Fsp3) is 0.250. The zero-order valence-electron chi connectivity index (χ0n) is 10.2. The van der Waals surface area contributed by atoms with E-state index in [4.69, 9.17) is 0 Å². The van der Waals surface area contributed by atoms with E-state index in [2.05, 4.69) is 10.1 Å². The van der Waals surface area contributed by atoms with Crippen molar-refractivity contribution in [2.45, 2.75) is 0 Å². The van der Waals surface area contributed by atoms with Crippen LogP contribution in [0.25, 0.3) is 6.08 Å². The summed E-state index contributed by atoms with van der Waals surface area (Å²) in [5, 5.41) is 13.8. The minimum absolute atomic E-state index is 0.120. The van der Waals surface area contributed by atoms with E-state index in [0.29, 0.717) is 12.1 Å². The summed E-state index contributed by atoms with van der Waals surface area (Å²) >= 11 is 0. The molecule has 0 amide bonds. The van der Waals surface area contributed by atoms with Gasteiger partial charge >= 0.3 is 5.97 Å². The highest BCUT2D eigenvalue weighted by Gasteiger charge is 2.16. The Kier molecular flexibility index (Phi) is 5.01. The quantitative estimate of drug-likeness (QED) is 0.488. The molecule has 0 heterocycles. The first kappa shape index (κ1) is 13.9. The average Bonchev–Trinajstić information content (AvgIpc) is 2.38. The predicted molar refractivity (Wildman–Crippen MR) is 67.4 cm³/mol. The molecular weight excluding hydrogens is 236 g/mol. The minimum Gasteiger partial charge on any atom is -0.465 e. The number of nitrogens with one attached hydrogen (secondary N) is 1. The standard InChI is InChI=1S/C12H14N2O4/c1-13-7-3-4-9-5-6-10(12(15)18-2)8-11(9)14(16)17/h3-6,8,13H,7H2,1-2H3. The van der Waals surface area contributed by atoms with Crippen LogP contribution >= 0.6 is 0 Å². The molecule has 0 bridgehead atoms. The van der Waals surface area contributed by atoms with Crippen molar-refractivity contribution in [3.63, 3.8) is 0 Å². The maximum Gasteiger partial charge on any atom is 0.338 e. The molecule has 18 heavy (non-hydrogen) atoms. The fourth-order valence-corrected chi connectivity index (χ4v) is 1.39. The molecule has 96 valence electrons. The Hall–Kier alpha value is -2.21. The van der Waals surface area contributed by atoms with E-state index < -0.39 is 10.9 Å². The van der Waals surface area contributed by atoms with Crippen LogP contribution in [0.15, 0.2) is 24.3 Å². The summed E-state index contributed by atoms with van der Waals surface area (Å²) in [7, 11) is 3.01. The first-order valence-corrected chi connectivity index (χ1v) is 5.28. The van der Waals surface area contributed by atoms with E-state index in [9.17, 15) is 14.9 Å². The average molecular weight is 250 g/mol. The van der Waals surface area contributed by atoms with Gasteiger partial charge in [-0.15, -0.1) is 0 Å². The topological polar surface area (TPSA) is 81.5 Å². The largest absolute Gasteiger partial charge is 0.465 e. The van der Waals surface area contributed by atoms with Gasteiger partial charge < -0.3 is 10.1 Å². The summed E-state index contributed by atoms with van der Waals surface area (Å²) in [4.78, 5) is 21.7. The van der Waals surface area contributed by atoms with Crippen molar-refractivity contribution in [1.29, 1.82) is 0 Å². The molecule has 1 aromatic rings. The number of carbonyl (C=O) groups excluding carboxylic acids is 1. The van der Waals surface area contributed by atoms with E-state index >= 15 is 0 Å². The highest BCUT2D eigenvalue weighted by atomic mass is 16.6. The number of esters is 1. The van der Waals surface area contributed by atoms with Crippen molar-refractivity contribution in [3.05, 3.63) is 45.5 Å². The second-order valence-electron chi connectivity index (χ2n) is 3.48. The van der Waals surface area contributed by atoms with Gasteiger partial charge in [0.05, 0.1) is 23.2 Å². The number of methoxy groups -OCH3 is 1. The summed E-state index contributed by atoms with van der Waals surface area (Å²) in [5.74, 6) is -0.594. The number of carbonyl (C=O) groups is 1. The molecule has 6 heteroatoms. The van der Waals surface area contributed by atoms with Gasteiger partial charge in [-0.1, -0.05) is 12.2 Å². The number of likely N-dealkylation sites (N-methyl/N-ethyl adjacent to an activating group) is 1. The number of benzene rings is 1. The summed E-state index contributed by atoms with van der Waals surface area (Å²) in [6.07, 6.45) is 3.40. The molecule has 1 aromatic carbocycles. The number of nitro groups is 1. The van der Waals surface area contributed by atoms with Crippen LogP contribution in [-0.2, 0) is 4.74 Å². The smallest absolute Gasteiger partial charge is 0.338 e. The molecule has 0 aliphatic carbocycles. The van der Waals surface area contributed by atoms with Gasteiger partial charge in [0, 0.05) is 12.6 Å². The molecular formula is C12H14N2O4. The van der Waals surface area contributed by atoms with Gasteiger partial charge in [0.2, 0.25) is 0 Å². The molecule has 0 aliphatic heterocycles. The van der Waals surface area contributed by atoms with Crippen LogP contribution in [0.2, 0.25) is 0 Å². The number of hydrogen-bond acceptors (Lipinski definition) is 5. The van der Waals surface area contributed by atoms with Gasteiger partial charge in [0.1, 0.15) is 0 Å². The summed E-state index contributed by atoms with van der Waals surface area (Å²) < 4.78 is 4.52. The van der Waals surface area contributed by atoms with Crippen molar-refractivity contribution in [1.82, 2.24) is 5.32 Å². The highest BCUT2D eigenvalue weighted by molar-refractivity contribution is 5.90. The van der Waals surface area contributed by atoms with Crippen molar-refractivity contribution < 1.29 is 14.5 Å². The Morgan fingerprint density at radius 2 is 2.28 bits per heavy atom. The maximum absolute atomic E-state index is 11.3. The highest BCUT2D eigenvalue weighted by Crippen LogP contribution is 2.22. The Balaban J connectivity index is 3.12. The SMILES string of the molecule is CNCC=Cc1ccc(C(=O)OC)cc1[N+](=O)[O-]. The molecule has 0 atom stereocenters. The van der Waals surface area contributed by atoms with Gasteiger partial charge in [-0.05, 0) is 19.2 Å². The third-order valence-electron chi connectivity index (χ3n) is 2.27. The Morgan fingerprint density at radius 1 is 1.56 bits per heavy atom. The summed E-state index contributed by atoms with van der Waals surface area (Å²) in [5.41, 5.74) is 0.489. The Morgan fingerprint density at radius 3 is 2.83 bits per heavy atom. The molecule has 0 radical (unpaired) electrons. The van der Waals surface area contributed by atoms with Crippen molar-refractivity contribution in [3.8, 4) is 0 Å². The van der Waals surface area contributed by atoms with Crippen LogP contribution in [0, 0.1) is 10.1 Å². The lowest BCUT2D eigenvalue weighted by Crippen LogP contribution is -2.04. The first-order chi connectivity index (χ1) is 8.60. The van der Waals surface area contributed by atoms with Crippen LogP contribution in [0.4, 0.5) is 5.69 Å². The van der Waals surface area contributed by atoms with Gasteiger partial charge in [-0.25, -0.2) is 4.79 Å². The third kappa shape index (κ3) is 3.39. The predicted octanol–water partition coefficient (Wildman–Crippen LogP) is 1.61. The number of nitro benzene ring substituents is 1. The van der Waals surface area contributed by atoms with E-state index in [1.54, 1.807) is 19.2 Å². The molecule has 0 saturated heterocycles. The Labute approximate surface area is 104 Å². The number of hydrogen-bond donors (Lipinski definition) is 1. The zero-order chi connectivity index (χ0) is 13.5. The Bertz CT molecular complexity index is 483. The number of ether oxygens (including phenoxy) is 1. The van der Waals surface area contributed by atoms with Gasteiger partial charge in [-0.2, -0.15) is 0 Å². The summed E-state index contributed by atoms with van der Waals surface area (Å²) in [6, 6.07) is 4.24. The van der Waals surface area contributed by atoms with Crippen LogP contribution < -0.4 is 5.32 Å². The van der Waals surface area contributed by atoms with Crippen LogP contribution in [0.1, 0.15) is 15.9 Å². The lowest BCUT2D eigenvalue weighted by Gasteiger charge is -2.02. The molecule has 6 nitrogen and oxygen atoms in total. The van der Waals surface area contributed by atoms with Crippen molar-refractivity contribution in [2.75, 3.05) is 20.7 Å². The van der Waals surface area contributed by atoms with Gasteiger partial charge in [0.15, 0.2) is 0 Å². The van der Waals surface area contributed by atoms with E-state index in [1.807, 2.05) is 0 Å². The fourth-order valence-electron chi connectivity index (χ4n) is 1.39. The number of rotatable bonds is 5. The molecule has 1 N–H and O–H groups in total. The molecule has 0 aliphatic rings. The van der Waals surface area contributed by atoms with Crippen LogP contribution in [-0.4, -0.2) is 31.6 Å². The first-order valence-electron chi connectivity index (χ1n) is 5.28. The number of nitrogens with zero attached hydrogens (tertiary/aromatic N) is 1. The lowest BCUT2D eigenvalue weighted by atomic mass is 10.1. The minimum atomic E-state index is -0.594. The second kappa shape index (κ2) is 6.51. The maximum atomic E-state index is 11.3. The molecule has 1 rings (SSSR count).